The largest absolute Gasteiger partial charge is 0.322 e. The van der Waals surface area contributed by atoms with Crippen molar-refractivity contribution in [2.75, 3.05) is 23.2 Å². The second-order valence-corrected chi connectivity index (χ2v) is 9.84. The van der Waals surface area contributed by atoms with Crippen LogP contribution >= 0.6 is 11.3 Å². The number of hydrogen-bond acceptors (Lipinski definition) is 5. The van der Waals surface area contributed by atoms with Gasteiger partial charge in [-0.1, -0.05) is 18.2 Å². The summed E-state index contributed by atoms with van der Waals surface area (Å²) < 4.78 is 27.4. The summed E-state index contributed by atoms with van der Waals surface area (Å²) in [7, 11) is -2.00. The van der Waals surface area contributed by atoms with Crippen LogP contribution in [-0.4, -0.2) is 37.9 Å². The lowest BCUT2D eigenvalue weighted by Gasteiger charge is -2.23. The first-order valence-electron chi connectivity index (χ1n) is 9.42. The third-order valence-corrected chi connectivity index (χ3v) is 7.25. The fourth-order valence-electron chi connectivity index (χ4n) is 2.93. The molecule has 0 saturated carbocycles. The first-order valence-corrected chi connectivity index (χ1v) is 11.7. The number of aromatic nitrogens is 1. The molecular formula is C21H24N4O3S2. The van der Waals surface area contributed by atoms with Gasteiger partial charge in [0.15, 0.2) is 0 Å². The number of rotatable bonds is 7. The predicted molar refractivity (Wildman–Crippen MR) is 120 cm³/mol. The molecule has 2 aromatic carbocycles. The van der Waals surface area contributed by atoms with Crippen molar-refractivity contribution in [2.24, 2.45) is 0 Å². The Labute approximate surface area is 181 Å². The number of para-hydroxylation sites is 1. The van der Waals surface area contributed by atoms with Crippen molar-refractivity contribution in [3.05, 3.63) is 70.7 Å². The van der Waals surface area contributed by atoms with Gasteiger partial charge in [0.25, 0.3) is 10.0 Å². The van der Waals surface area contributed by atoms with Crippen molar-refractivity contribution in [3.63, 3.8) is 0 Å². The first kappa shape index (κ1) is 21.8. The zero-order valence-electron chi connectivity index (χ0n) is 17.1. The van der Waals surface area contributed by atoms with E-state index in [1.807, 2.05) is 13.0 Å². The lowest BCUT2D eigenvalue weighted by atomic mass is 10.3. The second-order valence-electron chi connectivity index (χ2n) is 6.66. The van der Waals surface area contributed by atoms with E-state index in [-0.39, 0.29) is 10.9 Å². The predicted octanol–water partition coefficient (Wildman–Crippen LogP) is 4.33. The molecule has 1 N–H and O–H groups in total. The van der Waals surface area contributed by atoms with Crippen molar-refractivity contribution < 1.29 is 13.2 Å². The molecule has 9 heteroatoms. The number of thiazole rings is 1. The van der Waals surface area contributed by atoms with Gasteiger partial charge in [0.1, 0.15) is 0 Å². The lowest BCUT2D eigenvalue weighted by molar-refractivity contribution is 0.221. The molecule has 7 nitrogen and oxygen atoms in total. The van der Waals surface area contributed by atoms with Gasteiger partial charge < -0.3 is 10.2 Å². The van der Waals surface area contributed by atoms with E-state index in [1.165, 1.54) is 16.4 Å². The maximum Gasteiger partial charge on any atom is 0.321 e. The Morgan fingerprint density at radius 3 is 2.33 bits per heavy atom. The Balaban J connectivity index is 1.70. The monoisotopic (exact) mass is 444 g/mol. The van der Waals surface area contributed by atoms with E-state index in [2.05, 4.69) is 10.3 Å². The summed E-state index contributed by atoms with van der Waals surface area (Å²) in [6.07, 6.45) is 1.76. The number of nitrogens with one attached hydrogen (secondary N) is 1. The number of amides is 2. The molecule has 2 amide bonds. The Kier molecular flexibility index (Phi) is 6.73. The number of urea groups is 1. The fraction of sp³-hybridized carbons (Fsp3) is 0.238. The Bertz CT molecular complexity index is 1100. The van der Waals surface area contributed by atoms with Gasteiger partial charge in [-0.25, -0.2) is 18.2 Å². The molecule has 0 aliphatic rings. The third-order valence-electron chi connectivity index (χ3n) is 4.43. The third kappa shape index (κ3) is 4.98. The van der Waals surface area contributed by atoms with Gasteiger partial charge >= 0.3 is 6.03 Å². The van der Waals surface area contributed by atoms with Crippen LogP contribution < -0.4 is 9.62 Å². The van der Waals surface area contributed by atoms with E-state index in [0.717, 1.165) is 9.88 Å². The van der Waals surface area contributed by atoms with Crippen molar-refractivity contribution in [3.8, 4) is 0 Å². The molecule has 3 aromatic rings. The van der Waals surface area contributed by atoms with E-state index < -0.39 is 10.0 Å². The molecule has 0 bridgehead atoms. The zero-order chi connectivity index (χ0) is 21.7. The molecule has 0 unspecified atom stereocenters. The number of carbonyl (C=O) groups excluding carboxylic acids is 1. The number of benzene rings is 2. The van der Waals surface area contributed by atoms with Crippen LogP contribution in [0.25, 0.3) is 0 Å². The molecule has 1 aromatic heterocycles. The maximum atomic E-state index is 13.0. The van der Waals surface area contributed by atoms with Crippen LogP contribution in [0.2, 0.25) is 0 Å². The molecule has 0 aliphatic carbocycles. The lowest BCUT2D eigenvalue weighted by Crippen LogP contribution is -2.31. The average molecular weight is 445 g/mol. The summed E-state index contributed by atoms with van der Waals surface area (Å²) in [6.45, 7) is 4.47. The minimum Gasteiger partial charge on any atom is -0.322 e. The number of sulfonamides is 1. The average Bonchev–Trinajstić information content (AvgIpc) is 3.14. The SMILES string of the molecule is CCN(c1ccccc1)S(=O)(=O)c1ccc(NC(=O)N(C)Cc2cnc(C)s2)cc1. The van der Waals surface area contributed by atoms with Crippen LogP contribution in [0.1, 0.15) is 16.8 Å². The first-order chi connectivity index (χ1) is 14.3. The molecule has 0 spiro atoms. The van der Waals surface area contributed by atoms with E-state index in [9.17, 15) is 13.2 Å². The highest BCUT2D eigenvalue weighted by Gasteiger charge is 2.23. The van der Waals surface area contributed by atoms with Crippen LogP contribution in [-0.2, 0) is 16.6 Å². The summed E-state index contributed by atoms with van der Waals surface area (Å²) in [5.74, 6) is 0. The number of nitrogens with zero attached hydrogens (tertiary/aromatic N) is 3. The minimum atomic E-state index is -3.70. The van der Waals surface area contributed by atoms with Gasteiger partial charge in [-0.05, 0) is 50.2 Å². The van der Waals surface area contributed by atoms with Gasteiger partial charge in [0, 0.05) is 30.4 Å². The number of carbonyl (C=O) groups is 1. The van der Waals surface area contributed by atoms with E-state index in [0.29, 0.717) is 24.5 Å². The van der Waals surface area contributed by atoms with Gasteiger partial charge in [0.2, 0.25) is 0 Å². The van der Waals surface area contributed by atoms with E-state index in [4.69, 9.17) is 0 Å². The minimum absolute atomic E-state index is 0.166. The maximum absolute atomic E-state index is 13.0. The molecule has 3 rings (SSSR count). The molecule has 0 atom stereocenters. The summed E-state index contributed by atoms with van der Waals surface area (Å²) in [5.41, 5.74) is 1.13. The molecule has 0 aliphatic heterocycles. The molecule has 0 radical (unpaired) electrons. The molecule has 158 valence electrons. The fourth-order valence-corrected chi connectivity index (χ4v) is 5.25. The van der Waals surface area contributed by atoms with Gasteiger partial charge in [-0.15, -0.1) is 11.3 Å². The van der Waals surface area contributed by atoms with Crippen LogP contribution in [0.4, 0.5) is 16.2 Å². The number of aryl methyl sites for hydroxylation is 1. The van der Waals surface area contributed by atoms with Crippen LogP contribution in [0.15, 0.2) is 65.7 Å². The highest BCUT2D eigenvalue weighted by molar-refractivity contribution is 7.92. The summed E-state index contributed by atoms with van der Waals surface area (Å²) in [5, 5.41) is 3.74. The van der Waals surface area contributed by atoms with Crippen molar-refractivity contribution in [1.29, 1.82) is 0 Å². The highest BCUT2D eigenvalue weighted by atomic mass is 32.2. The normalized spacial score (nSPS) is 11.2. The van der Waals surface area contributed by atoms with Gasteiger partial charge in [-0.3, -0.25) is 4.31 Å². The Hall–Kier alpha value is -2.91. The zero-order valence-corrected chi connectivity index (χ0v) is 18.7. The quantitative estimate of drug-likeness (QED) is 0.588. The number of anilines is 2. The van der Waals surface area contributed by atoms with Crippen LogP contribution in [0, 0.1) is 6.92 Å². The number of hydrogen-bond donors (Lipinski definition) is 1. The van der Waals surface area contributed by atoms with Gasteiger partial charge in [-0.2, -0.15) is 0 Å². The molecule has 0 saturated heterocycles. The molecule has 1 heterocycles. The molecule has 0 fully saturated rings. The standard InChI is InChI=1S/C21H24N4O3S2/c1-4-25(18-8-6-5-7-9-18)30(27,28)20-12-10-17(11-13-20)23-21(26)24(3)15-19-14-22-16(2)29-19/h5-14H,4,15H2,1-3H3,(H,23,26). The highest BCUT2D eigenvalue weighted by Crippen LogP contribution is 2.24. The Morgan fingerprint density at radius 1 is 1.10 bits per heavy atom. The van der Waals surface area contributed by atoms with Crippen molar-refractivity contribution >= 4 is 38.8 Å². The van der Waals surface area contributed by atoms with Crippen LogP contribution in [0.5, 0.6) is 0 Å². The van der Waals surface area contributed by atoms with Crippen LogP contribution in [0.3, 0.4) is 0 Å². The Morgan fingerprint density at radius 2 is 1.77 bits per heavy atom. The topological polar surface area (TPSA) is 82.6 Å². The summed E-state index contributed by atoms with van der Waals surface area (Å²) >= 11 is 1.54. The summed E-state index contributed by atoms with van der Waals surface area (Å²) in [6, 6.07) is 14.9. The van der Waals surface area contributed by atoms with Crippen molar-refractivity contribution in [2.45, 2.75) is 25.3 Å². The van der Waals surface area contributed by atoms with E-state index in [1.54, 1.807) is 72.8 Å². The van der Waals surface area contributed by atoms with E-state index >= 15 is 0 Å². The smallest absolute Gasteiger partial charge is 0.321 e. The van der Waals surface area contributed by atoms with Gasteiger partial charge in [0.05, 0.1) is 22.1 Å². The van der Waals surface area contributed by atoms with Crippen molar-refractivity contribution in [1.82, 2.24) is 9.88 Å². The summed E-state index contributed by atoms with van der Waals surface area (Å²) in [4.78, 5) is 19.3. The molecule has 30 heavy (non-hydrogen) atoms. The molecular weight excluding hydrogens is 420 g/mol. The second kappa shape index (κ2) is 9.27.